The van der Waals surface area contributed by atoms with Gasteiger partial charge in [-0.3, -0.25) is 4.79 Å². The second-order valence-corrected chi connectivity index (χ2v) is 7.44. The van der Waals surface area contributed by atoms with Crippen LogP contribution in [0.2, 0.25) is 0 Å². The average Bonchev–Trinajstić information content (AvgIpc) is 2.65. The SMILES string of the molecule is CCSCc1ccc(C(=O)NCc2cccc(CN(C)CC)c2)cc1. The van der Waals surface area contributed by atoms with Gasteiger partial charge in [-0.15, -0.1) is 0 Å². The molecule has 0 spiro atoms. The summed E-state index contributed by atoms with van der Waals surface area (Å²) in [5, 5.41) is 3.01. The van der Waals surface area contributed by atoms with Crippen LogP contribution in [0.1, 0.15) is 40.9 Å². The number of benzene rings is 2. The molecular weight excluding hydrogens is 328 g/mol. The molecular formula is C21H28N2OS. The predicted octanol–water partition coefficient (Wildman–Crippen LogP) is 4.32. The maximum absolute atomic E-state index is 12.3. The molecule has 134 valence electrons. The molecule has 1 N–H and O–H groups in total. The van der Waals surface area contributed by atoms with Crippen molar-refractivity contribution in [2.75, 3.05) is 19.3 Å². The van der Waals surface area contributed by atoms with Gasteiger partial charge in [-0.2, -0.15) is 11.8 Å². The summed E-state index contributed by atoms with van der Waals surface area (Å²) < 4.78 is 0. The van der Waals surface area contributed by atoms with E-state index in [-0.39, 0.29) is 5.91 Å². The zero-order valence-corrected chi connectivity index (χ0v) is 16.2. The molecule has 25 heavy (non-hydrogen) atoms. The van der Waals surface area contributed by atoms with Crippen LogP contribution < -0.4 is 5.32 Å². The van der Waals surface area contributed by atoms with Crippen LogP contribution in [0.15, 0.2) is 48.5 Å². The summed E-state index contributed by atoms with van der Waals surface area (Å²) in [6, 6.07) is 16.3. The third-order valence-electron chi connectivity index (χ3n) is 4.13. The van der Waals surface area contributed by atoms with Gasteiger partial charge in [0.2, 0.25) is 0 Å². The molecule has 0 heterocycles. The van der Waals surface area contributed by atoms with Gasteiger partial charge in [0, 0.05) is 24.4 Å². The molecule has 2 aromatic carbocycles. The fourth-order valence-corrected chi connectivity index (χ4v) is 3.15. The van der Waals surface area contributed by atoms with Crippen molar-refractivity contribution in [1.29, 1.82) is 0 Å². The van der Waals surface area contributed by atoms with E-state index in [1.807, 2.05) is 36.0 Å². The minimum atomic E-state index is -0.0224. The Hall–Kier alpha value is -1.78. The first kappa shape index (κ1) is 19.5. The lowest BCUT2D eigenvalue weighted by Crippen LogP contribution is -2.23. The van der Waals surface area contributed by atoms with E-state index < -0.39 is 0 Å². The zero-order valence-electron chi connectivity index (χ0n) is 15.4. The summed E-state index contributed by atoms with van der Waals surface area (Å²) in [5.74, 6) is 2.08. The quantitative estimate of drug-likeness (QED) is 0.726. The highest BCUT2D eigenvalue weighted by Crippen LogP contribution is 2.13. The largest absolute Gasteiger partial charge is 0.348 e. The maximum Gasteiger partial charge on any atom is 0.251 e. The molecule has 0 aliphatic rings. The number of nitrogens with zero attached hydrogens (tertiary/aromatic N) is 1. The van der Waals surface area contributed by atoms with Crippen LogP contribution in [0.25, 0.3) is 0 Å². The second-order valence-electron chi connectivity index (χ2n) is 6.17. The average molecular weight is 357 g/mol. The Morgan fingerprint density at radius 3 is 2.44 bits per heavy atom. The van der Waals surface area contributed by atoms with Gasteiger partial charge in [-0.25, -0.2) is 0 Å². The number of hydrogen-bond acceptors (Lipinski definition) is 3. The molecule has 2 aromatic rings. The van der Waals surface area contributed by atoms with Crippen LogP contribution in [-0.2, 0) is 18.8 Å². The van der Waals surface area contributed by atoms with Crippen molar-refractivity contribution in [3.05, 3.63) is 70.8 Å². The molecule has 0 fully saturated rings. The van der Waals surface area contributed by atoms with Crippen molar-refractivity contribution < 1.29 is 4.79 Å². The van der Waals surface area contributed by atoms with Crippen LogP contribution in [0.3, 0.4) is 0 Å². The summed E-state index contributed by atoms with van der Waals surface area (Å²) in [6.45, 7) is 6.80. The van der Waals surface area contributed by atoms with Gasteiger partial charge >= 0.3 is 0 Å². The summed E-state index contributed by atoms with van der Waals surface area (Å²) in [4.78, 5) is 14.6. The summed E-state index contributed by atoms with van der Waals surface area (Å²) in [6.07, 6.45) is 0. The van der Waals surface area contributed by atoms with Crippen molar-refractivity contribution in [3.63, 3.8) is 0 Å². The Balaban J connectivity index is 1.90. The van der Waals surface area contributed by atoms with Crippen molar-refractivity contribution in [1.82, 2.24) is 10.2 Å². The Kier molecular flexibility index (Phi) is 8.02. The van der Waals surface area contributed by atoms with E-state index in [1.54, 1.807) is 0 Å². The topological polar surface area (TPSA) is 32.3 Å². The number of carbonyl (C=O) groups is 1. The third-order valence-corrected chi connectivity index (χ3v) is 5.07. The molecule has 4 heteroatoms. The molecule has 0 aromatic heterocycles. The van der Waals surface area contributed by atoms with E-state index in [2.05, 4.69) is 55.4 Å². The number of thioether (sulfide) groups is 1. The van der Waals surface area contributed by atoms with E-state index in [0.717, 1.165) is 30.2 Å². The van der Waals surface area contributed by atoms with Crippen LogP contribution in [0, 0.1) is 0 Å². The summed E-state index contributed by atoms with van der Waals surface area (Å²) in [5.41, 5.74) is 4.38. The number of hydrogen-bond donors (Lipinski definition) is 1. The van der Waals surface area contributed by atoms with Crippen molar-refractivity contribution in [2.24, 2.45) is 0 Å². The molecule has 0 atom stereocenters. The van der Waals surface area contributed by atoms with Crippen LogP contribution in [0.5, 0.6) is 0 Å². The molecule has 0 aliphatic carbocycles. The lowest BCUT2D eigenvalue weighted by atomic mass is 10.1. The maximum atomic E-state index is 12.3. The lowest BCUT2D eigenvalue weighted by Gasteiger charge is -2.14. The first-order valence-corrected chi connectivity index (χ1v) is 9.99. The zero-order chi connectivity index (χ0) is 18.1. The lowest BCUT2D eigenvalue weighted by molar-refractivity contribution is 0.0951. The van der Waals surface area contributed by atoms with Gasteiger partial charge in [0.1, 0.15) is 0 Å². The molecule has 1 amide bonds. The van der Waals surface area contributed by atoms with E-state index in [4.69, 9.17) is 0 Å². The highest BCUT2D eigenvalue weighted by molar-refractivity contribution is 7.98. The highest BCUT2D eigenvalue weighted by atomic mass is 32.2. The number of rotatable bonds is 9. The van der Waals surface area contributed by atoms with Crippen molar-refractivity contribution in [2.45, 2.75) is 32.7 Å². The Morgan fingerprint density at radius 2 is 1.76 bits per heavy atom. The predicted molar refractivity (Wildman–Crippen MR) is 108 cm³/mol. The normalized spacial score (nSPS) is 10.9. The second kappa shape index (κ2) is 10.3. The van der Waals surface area contributed by atoms with Crippen LogP contribution in [0.4, 0.5) is 0 Å². The van der Waals surface area contributed by atoms with Gasteiger partial charge in [0.15, 0.2) is 0 Å². The van der Waals surface area contributed by atoms with E-state index in [0.29, 0.717) is 12.1 Å². The van der Waals surface area contributed by atoms with Gasteiger partial charge in [0.05, 0.1) is 0 Å². The Labute approximate surface area is 155 Å². The first-order chi connectivity index (χ1) is 12.1. The molecule has 0 saturated heterocycles. The fraction of sp³-hybridized carbons (Fsp3) is 0.381. The van der Waals surface area contributed by atoms with Gasteiger partial charge in [0.25, 0.3) is 5.91 Å². The first-order valence-electron chi connectivity index (χ1n) is 8.83. The van der Waals surface area contributed by atoms with Crippen molar-refractivity contribution in [3.8, 4) is 0 Å². The minimum Gasteiger partial charge on any atom is -0.348 e. The van der Waals surface area contributed by atoms with Crippen LogP contribution in [-0.4, -0.2) is 30.2 Å². The third kappa shape index (κ3) is 6.56. The Bertz CT molecular complexity index is 670. The highest BCUT2D eigenvalue weighted by Gasteiger charge is 2.06. The summed E-state index contributed by atoms with van der Waals surface area (Å²) in [7, 11) is 2.11. The standard InChI is InChI=1S/C21H28N2OS/c1-4-23(3)15-19-8-6-7-18(13-19)14-22-21(24)20-11-9-17(10-12-20)16-25-5-2/h6-13H,4-5,14-16H2,1-3H3,(H,22,24). The van der Waals surface area contributed by atoms with E-state index in [1.165, 1.54) is 11.1 Å². The number of carbonyl (C=O) groups excluding carboxylic acids is 1. The van der Waals surface area contributed by atoms with Crippen LogP contribution >= 0.6 is 11.8 Å². The van der Waals surface area contributed by atoms with E-state index >= 15 is 0 Å². The van der Waals surface area contributed by atoms with Crippen molar-refractivity contribution >= 4 is 17.7 Å². The van der Waals surface area contributed by atoms with Gasteiger partial charge < -0.3 is 10.2 Å². The molecule has 3 nitrogen and oxygen atoms in total. The smallest absolute Gasteiger partial charge is 0.251 e. The number of amides is 1. The van der Waals surface area contributed by atoms with Gasteiger partial charge in [-0.1, -0.05) is 50.2 Å². The van der Waals surface area contributed by atoms with Gasteiger partial charge in [-0.05, 0) is 48.2 Å². The molecule has 0 bridgehead atoms. The molecule has 0 unspecified atom stereocenters. The number of nitrogens with one attached hydrogen (secondary N) is 1. The fourth-order valence-electron chi connectivity index (χ4n) is 2.52. The van der Waals surface area contributed by atoms with E-state index in [9.17, 15) is 4.79 Å². The molecule has 0 radical (unpaired) electrons. The molecule has 0 saturated carbocycles. The molecule has 2 rings (SSSR count). The molecule has 0 aliphatic heterocycles. The Morgan fingerprint density at radius 1 is 1.04 bits per heavy atom. The summed E-state index contributed by atoms with van der Waals surface area (Å²) >= 11 is 1.89. The minimum absolute atomic E-state index is 0.0224. The monoisotopic (exact) mass is 356 g/mol.